The number of nitrogens with two attached hydrogens (primary N) is 1. The monoisotopic (exact) mass is 392 g/mol. The molecule has 1 amide bonds. The molecule has 3 rings (SSSR count). The van der Waals surface area contributed by atoms with Gasteiger partial charge in [-0.15, -0.1) is 0 Å². The molecule has 1 aliphatic rings. The lowest BCUT2D eigenvalue weighted by Gasteiger charge is -2.27. The minimum absolute atomic E-state index is 0.0439. The fraction of sp³-hybridized carbons (Fsp3) is 0.278. The number of benzene rings is 1. The van der Waals surface area contributed by atoms with Crippen LogP contribution in [-0.4, -0.2) is 29.8 Å². The Morgan fingerprint density at radius 2 is 2.07 bits per heavy atom. The quantitative estimate of drug-likeness (QED) is 0.861. The Kier molecular flexibility index (Phi) is 4.89. The molecule has 140 valence electrons. The first kappa shape index (κ1) is 18.9. The third kappa shape index (κ3) is 3.78. The molecule has 0 radical (unpaired) electrons. The van der Waals surface area contributed by atoms with Crippen LogP contribution in [0.1, 0.15) is 19.0 Å². The lowest BCUT2D eigenvalue weighted by molar-refractivity contribution is 0.0481. The molecule has 9 heteroatoms. The number of nitrogens with zero attached hydrogens (tertiary/aromatic N) is 3. The van der Waals surface area contributed by atoms with Crippen LogP contribution in [0.5, 0.6) is 0 Å². The maximum absolute atomic E-state index is 13.8. The highest BCUT2D eigenvalue weighted by molar-refractivity contribution is 6.34. The van der Waals surface area contributed by atoms with Gasteiger partial charge in [0.05, 0.1) is 17.3 Å². The number of nitriles is 1. The first-order chi connectivity index (χ1) is 12.7. The number of carbonyl (C=O) groups is 1. The van der Waals surface area contributed by atoms with Crippen molar-refractivity contribution in [1.29, 1.82) is 5.26 Å². The van der Waals surface area contributed by atoms with Crippen molar-refractivity contribution in [2.24, 2.45) is 5.73 Å². The normalized spacial score (nSPS) is 19.0. The second-order valence-electron chi connectivity index (χ2n) is 6.49. The lowest BCUT2D eigenvalue weighted by atomic mass is 10.0. The molecule has 2 heterocycles. The Balaban J connectivity index is 2.14. The molecule has 0 bridgehead atoms. The molecule has 2 aromatic rings. The maximum atomic E-state index is 13.8. The SMILES string of the molecule is C[C@]1(OC(N)=O)CCN(c2c(C#N)ncc(Cl)c2-c2cc(F)cc(F)c2)C1. The largest absolute Gasteiger partial charge is 0.441 e. The van der Waals surface area contributed by atoms with E-state index in [1.54, 1.807) is 11.8 Å². The van der Waals surface area contributed by atoms with E-state index in [9.17, 15) is 18.8 Å². The van der Waals surface area contributed by atoms with E-state index in [0.717, 1.165) is 18.2 Å². The topological polar surface area (TPSA) is 92.2 Å². The van der Waals surface area contributed by atoms with E-state index in [0.29, 0.717) is 18.7 Å². The predicted molar refractivity (Wildman–Crippen MR) is 95.2 cm³/mol. The van der Waals surface area contributed by atoms with Gasteiger partial charge in [-0.05, 0) is 24.6 Å². The van der Waals surface area contributed by atoms with Gasteiger partial charge in [-0.1, -0.05) is 11.6 Å². The molecule has 1 aliphatic heterocycles. The lowest BCUT2D eigenvalue weighted by Crippen LogP contribution is -2.37. The van der Waals surface area contributed by atoms with Gasteiger partial charge in [0.15, 0.2) is 5.69 Å². The minimum Gasteiger partial charge on any atom is -0.441 e. The highest BCUT2D eigenvalue weighted by Gasteiger charge is 2.39. The summed E-state index contributed by atoms with van der Waals surface area (Å²) in [6.07, 6.45) is 0.804. The van der Waals surface area contributed by atoms with Crippen molar-refractivity contribution >= 4 is 23.4 Å². The van der Waals surface area contributed by atoms with Crippen molar-refractivity contribution < 1.29 is 18.3 Å². The van der Waals surface area contributed by atoms with E-state index in [1.807, 2.05) is 6.07 Å². The number of carbonyl (C=O) groups excluding carboxylic acids is 1. The number of pyridine rings is 1. The molecule has 1 atom stereocenters. The van der Waals surface area contributed by atoms with E-state index in [4.69, 9.17) is 22.1 Å². The summed E-state index contributed by atoms with van der Waals surface area (Å²) in [4.78, 5) is 16.9. The Hall–Kier alpha value is -2.92. The molecule has 0 spiro atoms. The third-order valence-corrected chi connectivity index (χ3v) is 4.65. The van der Waals surface area contributed by atoms with Crippen LogP contribution >= 0.6 is 11.6 Å². The minimum atomic E-state index is -0.906. The smallest absolute Gasteiger partial charge is 0.405 e. The van der Waals surface area contributed by atoms with Gasteiger partial charge < -0.3 is 15.4 Å². The van der Waals surface area contributed by atoms with Crippen LogP contribution in [0.2, 0.25) is 5.02 Å². The van der Waals surface area contributed by atoms with Gasteiger partial charge in [-0.3, -0.25) is 0 Å². The number of anilines is 1. The Bertz CT molecular complexity index is 943. The number of hydrogen-bond acceptors (Lipinski definition) is 5. The number of ether oxygens (including phenoxy) is 1. The summed E-state index contributed by atoms with van der Waals surface area (Å²) < 4.78 is 32.7. The fourth-order valence-corrected chi connectivity index (χ4v) is 3.54. The molecule has 0 saturated carbocycles. The number of primary amides is 1. The number of aromatic nitrogens is 1. The second-order valence-corrected chi connectivity index (χ2v) is 6.90. The number of amides is 1. The zero-order chi connectivity index (χ0) is 19.8. The highest BCUT2D eigenvalue weighted by Crippen LogP contribution is 2.41. The summed E-state index contributed by atoms with van der Waals surface area (Å²) in [6.45, 7) is 2.34. The van der Waals surface area contributed by atoms with E-state index >= 15 is 0 Å². The number of rotatable bonds is 3. The van der Waals surface area contributed by atoms with Gasteiger partial charge in [-0.2, -0.15) is 5.26 Å². The molecule has 1 fully saturated rings. The number of hydrogen-bond donors (Lipinski definition) is 1. The molecule has 27 heavy (non-hydrogen) atoms. The molecule has 1 aromatic heterocycles. The Labute approximate surface area is 159 Å². The molecular weight excluding hydrogens is 378 g/mol. The standard InChI is InChI=1S/C18H15ClF2N4O2/c1-18(27-17(23)26)2-3-25(9-18)16-14(7-22)24-8-13(19)15(16)10-4-11(20)6-12(21)5-10/h4-6,8H,2-3,9H2,1H3,(H2,23,26)/t18-/m0/s1. The Morgan fingerprint density at radius 1 is 1.41 bits per heavy atom. The van der Waals surface area contributed by atoms with Gasteiger partial charge in [0.25, 0.3) is 0 Å². The summed E-state index contributed by atoms with van der Waals surface area (Å²) in [6, 6.07) is 4.98. The van der Waals surface area contributed by atoms with Crippen molar-refractivity contribution in [3.05, 3.63) is 46.7 Å². The fourth-order valence-electron chi connectivity index (χ4n) is 3.29. The van der Waals surface area contributed by atoms with Crippen LogP contribution in [0.15, 0.2) is 24.4 Å². The highest BCUT2D eigenvalue weighted by atomic mass is 35.5. The molecule has 1 aromatic carbocycles. The molecule has 0 aliphatic carbocycles. The molecular formula is C18H15ClF2N4O2. The first-order valence-electron chi connectivity index (χ1n) is 8.01. The van der Waals surface area contributed by atoms with Crippen LogP contribution in [0.4, 0.5) is 19.3 Å². The van der Waals surface area contributed by atoms with Gasteiger partial charge in [0.1, 0.15) is 23.3 Å². The van der Waals surface area contributed by atoms with E-state index in [2.05, 4.69) is 4.98 Å². The molecule has 1 saturated heterocycles. The summed E-state index contributed by atoms with van der Waals surface area (Å²) in [5.41, 5.74) is 5.09. The van der Waals surface area contributed by atoms with Crippen molar-refractivity contribution in [2.75, 3.05) is 18.0 Å². The zero-order valence-electron chi connectivity index (χ0n) is 14.3. The van der Waals surface area contributed by atoms with Crippen LogP contribution < -0.4 is 10.6 Å². The van der Waals surface area contributed by atoms with E-state index in [1.165, 1.54) is 6.20 Å². The van der Waals surface area contributed by atoms with Gasteiger partial charge in [-0.25, -0.2) is 18.6 Å². The number of halogens is 3. The van der Waals surface area contributed by atoms with E-state index in [-0.39, 0.29) is 28.4 Å². The van der Waals surface area contributed by atoms with Crippen LogP contribution in [0.25, 0.3) is 11.1 Å². The van der Waals surface area contributed by atoms with Crippen LogP contribution in [0.3, 0.4) is 0 Å². The van der Waals surface area contributed by atoms with Gasteiger partial charge >= 0.3 is 6.09 Å². The summed E-state index contributed by atoms with van der Waals surface area (Å²) >= 11 is 6.28. The van der Waals surface area contributed by atoms with Crippen molar-refractivity contribution in [2.45, 2.75) is 18.9 Å². The van der Waals surface area contributed by atoms with Crippen LogP contribution in [0, 0.1) is 23.0 Å². The molecule has 0 unspecified atom stereocenters. The zero-order valence-corrected chi connectivity index (χ0v) is 15.1. The maximum Gasteiger partial charge on any atom is 0.405 e. The molecule has 6 nitrogen and oxygen atoms in total. The van der Waals surface area contributed by atoms with Crippen molar-refractivity contribution in [3.8, 4) is 17.2 Å². The van der Waals surface area contributed by atoms with E-state index < -0.39 is 23.3 Å². The summed E-state index contributed by atoms with van der Waals surface area (Å²) in [5.74, 6) is -1.55. The average Bonchev–Trinajstić information content (AvgIpc) is 2.94. The summed E-state index contributed by atoms with van der Waals surface area (Å²) in [5, 5.41) is 9.63. The first-order valence-corrected chi connectivity index (χ1v) is 8.39. The van der Waals surface area contributed by atoms with Gasteiger partial charge in [0.2, 0.25) is 0 Å². The average molecular weight is 393 g/mol. The Morgan fingerprint density at radius 3 is 2.67 bits per heavy atom. The van der Waals surface area contributed by atoms with Crippen LogP contribution in [-0.2, 0) is 4.74 Å². The third-order valence-electron chi connectivity index (χ3n) is 4.36. The van der Waals surface area contributed by atoms with Gasteiger partial charge in [0, 0.05) is 30.8 Å². The molecule has 2 N–H and O–H groups in total. The predicted octanol–water partition coefficient (Wildman–Crippen LogP) is 3.62. The second kappa shape index (κ2) is 7.00. The van der Waals surface area contributed by atoms with Crippen molar-refractivity contribution in [1.82, 2.24) is 4.98 Å². The van der Waals surface area contributed by atoms with Crippen molar-refractivity contribution in [3.63, 3.8) is 0 Å². The summed E-state index contributed by atoms with van der Waals surface area (Å²) in [7, 11) is 0.